The summed E-state index contributed by atoms with van der Waals surface area (Å²) in [6, 6.07) is 11.8. The SMILES string of the molecule is C=C[C@@H]1CN(Cc2nc3oc(C(=O)O)nc3n2C[C@@H]2CCO2)CCC1c1cccc(OCc2ccc(C#N)cc2F)n1. The van der Waals surface area contributed by atoms with E-state index in [0.29, 0.717) is 36.8 Å². The molecule has 4 aromatic rings. The number of imidazole rings is 1. The van der Waals surface area contributed by atoms with Gasteiger partial charge in [0.2, 0.25) is 11.5 Å². The minimum atomic E-state index is -1.23. The van der Waals surface area contributed by atoms with E-state index < -0.39 is 11.8 Å². The van der Waals surface area contributed by atoms with Crippen LogP contribution in [0.2, 0.25) is 0 Å². The number of piperidine rings is 1. The molecule has 0 spiro atoms. The third kappa shape index (κ3) is 5.61. The number of oxazole rings is 1. The molecule has 0 radical (unpaired) electrons. The smallest absolute Gasteiger partial charge is 0.392 e. The molecule has 1 unspecified atom stereocenters. The van der Waals surface area contributed by atoms with Gasteiger partial charge in [-0.25, -0.2) is 14.2 Å². The van der Waals surface area contributed by atoms with E-state index in [9.17, 15) is 14.3 Å². The molecule has 0 saturated carbocycles. The van der Waals surface area contributed by atoms with Crippen LogP contribution < -0.4 is 4.74 Å². The Morgan fingerprint density at radius 3 is 2.83 bits per heavy atom. The van der Waals surface area contributed by atoms with Crippen LogP contribution in [0.1, 0.15) is 52.1 Å². The normalized spacial score (nSPS) is 20.6. The lowest BCUT2D eigenvalue weighted by atomic mass is 9.83. The van der Waals surface area contributed by atoms with Crippen molar-refractivity contribution in [3.05, 3.63) is 83.4 Å². The molecule has 42 heavy (non-hydrogen) atoms. The van der Waals surface area contributed by atoms with Crippen LogP contribution >= 0.6 is 0 Å². The second-order valence-electron chi connectivity index (χ2n) is 10.5. The van der Waals surface area contributed by atoms with Crippen molar-refractivity contribution in [2.75, 3.05) is 19.7 Å². The van der Waals surface area contributed by atoms with Gasteiger partial charge in [0, 0.05) is 36.4 Å². The van der Waals surface area contributed by atoms with E-state index in [1.807, 2.05) is 28.8 Å². The number of hydrogen-bond acceptors (Lipinski definition) is 9. The number of hydrogen-bond donors (Lipinski definition) is 1. The lowest BCUT2D eigenvalue weighted by Crippen LogP contribution is -2.39. The van der Waals surface area contributed by atoms with Crippen molar-refractivity contribution in [3.63, 3.8) is 0 Å². The maximum atomic E-state index is 14.3. The Balaban J connectivity index is 1.14. The van der Waals surface area contributed by atoms with Gasteiger partial charge in [0.15, 0.2) is 0 Å². The van der Waals surface area contributed by atoms with Crippen LogP contribution in [0.3, 0.4) is 0 Å². The Labute approximate surface area is 240 Å². The Morgan fingerprint density at radius 1 is 1.26 bits per heavy atom. The van der Waals surface area contributed by atoms with E-state index in [4.69, 9.17) is 24.1 Å². The molecule has 0 aliphatic carbocycles. The highest BCUT2D eigenvalue weighted by Crippen LogP contribution is 2.34. The van der Waals surface area contributed by atoms with Crippen LogP contribution in [0.25, 0.3) is 11.4 Å². The maximum Gasteiger partial charge on any atom is 0.392 e. The lowest BCUT2D eigenvalue weighted by Gasteiger charge is -2.37. The summed E-state index contributed by atoms with van der Waals surface area (Å²) in [7, 11) is 0. The first kappa shape index (κ1) is 27.6. The topological polar surface area (TPSA) is 140 Å². The van der Waals surface area contributed by atoms with Crippen molar-refractivity contribution in [2.24, 2.45) is 5.92 Å². The maximum absolute atomic E-state index is 14.3. The molecule has 0 bridgehead atoms. The van der Waals surface area contributed by atoms with Crippen LogP contribution in [0.15, 0.2) is 53.5 Å². The Morgan fingerprint density at radius 2 is 2.12 bits per heavy atom. The van der Waals surface area contributed by atoms with Crippen molar-refractivity contribution in [2.45, 2.75) is 44.6 Å². The number of carboxylic acids is 1. The molecule has 2 fully saturated rings. The summed E-state index contributed by atoms with van der Waals surface area (Å²) in [5.41, 5.74) is 2.10. The van der Waals surface area contributed by atoms with E-state index in [1.54, 1.807) is 18.2 Å². The van der Waals surface area contributed by atoms with Crippen LogP contribution in [-0.2, 0) is 24.4 Å². The summed E-state index contributed by atoms with van der Waals surface area (Å²) in [4.78, 5) is 27.1. The van der Waals surface area contributed by atoms with Gasteiger partial charge in [-0.15, -0.1) is 6.58 Å². The summed E-state index contributed by atoms with van der Waals surface area (Å²) < 4.78 is 33.0. The summed E-state index contributed by atoms with van der Waals surface area (Å²) in [5.74, 6) is -0.733. The molecule has 1 aromatic carbocycles. The van der Waals surface area contributed by atoms with Crippen LogP contribution in [-0.4, -0.2) is 61.3 Å². The van der Waals surface area contributed by atoms with Crippen molar-refractivity contribution >= 4 is 17.3 Å². The molecule has 3 aromatic heterocycles. The third-order valence-electron chi connectivity index (χ3n) is 7.85. The highest BCUT2D eigenvalue weighted by Gasteiger charge is 2.32. The number of nitrogens with zero attached hydrogens (tertiary/aromatic N) is 6. The molecule has 6 rings (SSSR count). The predicted molar refractivity (Wildman–Crippen MR) is 147 cm³/mol. The largest absolute Gasteiger partial charge is 0.474 e. The molecule has 216 valence electrons. The molecule has 11 nitrogen and oxygen atoms in total. The monoisotopic (exact) mass is 572 g/mol. The molecule has 1 N–H and O–H groups in total. The number of likely N-dealkylation sites (tertiary alicyclic amines) is 1. The van der Waals surface area contributed by atoms with Gasteiger partial charge in [0.25, 0.3) is 5.71 Å². The third-order valence-corrected chi connectivity index (χ3v) is 7.85. The Kier molecular flexibility index (Phi) is 7.69. The fourth-order valence-electron chi connectivity index (χ4n) is 5.49. The Bertz CT molecular complexity index is 1670. The van der Waals surface area contributed by atoms with Crippen molar-refractivity contribution in [1.82, 2.24) is 24.4 Å². The average molecular weight is 573 g/mol. The molecule has 5 heterocycles. The Hall–Kier alpha value is -4.60. The number of halogens is 1. The van der Waals surface area contributed by atoms with Gasteiger partial charge in [0.1, 0.15) is 18.2 Å². The number of carbonyl (C=O) groups is 1. The minimum Gasteiger partial charge on any atom is -0.474 e. The highest BCUT2D eigenvalue weighted by molar-refractivity contribution is 5.85. The predicted octanol–water partition coefficient (Wildman–Crippen LogP) is 4.29. The molecule has 0 amide bonds. The first-order valence-electron chi connectivity index (χ1n) is 13.8. The fraction of sp³-hybridized carbons (Fsp3) is 0.367. The number of ether oxygens (including phenoxy) is 2. The number of rotatable bonds is 10. The van der Waals surface area contributed by atoms with Crippen molar-refractivity contribution in [1.29, 1.82) is 5.26 Å². The number of aromatic nitrogens is 4. The van der Waals surface area contributed by atoms with E-state index in [2.05, 4.69) is 21.4 Å². The first-order chi connectivity index (χ1) is 20.4. The highest BCUT2D eigenvalue weighted by atomic mass is 19.1. The number of pyridine rings is 1. The van der Waals surface area contributed by atoms with Gasteiger partial charge < -0.3 is 23.6 Å². The van der Waals surface area contributed by atoms with E-state index in [0.717, 1.165) is 37.4 Å². The number of aromatic carboxylic acids is 1. The van der Waals surface area contributed by atoms with Crippen LogP contribution in [0.4, 0.5) is 4.39 Å². The van der Waals surface area contributed by atoms with Gasteiger partial charge in [0.05, 0.1) is 30.8 Å². The zero-order chi connectivity index (χ0) is 29.2. The molecular weight excluding hydrogens is 543 g/mol. The molecule has 3 atom stereocenters. The second-order valence-corrected chi connectivity index (χ2v) is 10.5. The van der Waals surface area contributed by atoms with Crippen molar-refractivity contribution < 1.29 is 28.2 Å². The molecule has 12 heteroatoms. The van der Waals surface area contributed by atoms with Crippen LogP contribution in [0, 0.1) is 23.1 Å². The molecule has 2 aliphatic rings. The number of fused-ring (bicyclic) bond motifs is 1. The van der Waals surface area contributed by atoms with Crippen LogP contribution in [0.5, 0.6) is 5.88 Å². The van der Waals surface area contributed by atoms with Gasteiger partial charge >= 0.3 is 11.9 Å². The fourth-order valence-corrected chi connectivity index (χ4v) is 5.49. The summed E-state index contributed by atoms with van der Waals surface area (Å²) in [6.07, 6.45) is 3.72. The van der Waals surface area contributed by atoms with E-state index in [1.165, 1.54) is 6.07 Å². The van der Waals surface area contributed by atoms with E-state index in [-0.39, 0.29) is 41.7 Å². The van der Waals surface area contributed by atoms with Crippen molar-refractivity contribution in [3.8, 4) is 11.9 Å². The van der Waals surface area contributed by atoms with Gasteiger partial charge in [-0.3, -0.25) is 4.90 Å². The second kappa shape index (κ2) is 11.7. The van der Waals surface area contributed by atoms with E-state index >= 15 is 0 Å². The zero-order valence-corrected chi connectivity index (χ0v) is 22.8. The molecule has 2 saturated heterocycles. The van der Waals surface area contributed by atoms with Gasteiger partial charge in [-0.05, 0) is 43.5 Å². The number of carboxylic acid groups (broad SMARTS) is 1. The average Bonchev–Trinajstić information content (AvgIpc) is 3.52. The first-order valence-corrected chi connectivity index (χ1v) is 13.8. The standard InChI is InChI=1S/C30H29FN6O5/c1-2-19-14-36(16-25-34-28-27(35-29(42-28)30(38)39)37(25)15-21-9-11-40-21)10-8-22(19)24-4-3-5-26(33-24)41-17-20-7-6-18(13-32)12-23(20)31/h2-7,12,19,21-22H,1,8-11,14-17H2,(H,38,39)/t19-,21+,22?/m1/s1. The molecular formula is C30H29FN6O5. The number of benzene rings is 1. The van der Waals surface area contributed by atoms with Gasteiger partial charge in [-0.2, -0.15) is 15.2 Å². The molecule has 2 aliphatic heterocycles. The summed E-state index contributed by atoms with van der Waals surface area (Å²) >= 11 is 0. The van der Waals surface area contributed by atoms with Gasteiger partial charge in [-0.1, -0.05) is 18.2 Å². The zero-order valence-electron chi connectivity index (χ0n) is 22.8. The summed E-state index contributed by atoms with van der Waals surface area (Å²) in [6.45, 7) is 7.35. The quantitative estimate of drug-likeness (QED) is 0.274. The minimum absolute atomic E-state index is 0.00155. The number of nitriles is 1. The lowest BCUT2D eigenvalue weighted by molar-refractivity contribution is -0.0593. The summed E-state index contributed by atoms with van der Waals surface area (Å²) in [5, 5.41) is 18.2.